The van der Waals surface area contributed by atoms with Crippen LogP contribution in [0.25, 0.3) is 11.1 Å². The van der Waals surface area contributed by atoms with E-state index in [1.54, 1.807) is 0 Å². The molecule has 114 valence electrons. The Morgan fingerprint density at radius 3 is 1.83 bits per heavy atom. The first-order valence-corrected chi connectivity index (χ1v) is 9.41. The first-order valence-electron chi connectivity index (χ1n) is 7.25. The lowest BCUT2D eigenvalue weighted by Gasteiger charge is -1.99. The molecule has 0 saturated heterocycles. The standard InChI is InChI=1S/C20H16IO2/c1-23-20(22)17-9-13-19(14-10-17)21-18-11-7-16(8-12-18)15-5-3-2-4-6-15/h2-14H,1H3/q+1. The first kappa shape index (κ1) is 15.7. The highest BCUT2D eigenvalue weighted by Crippen LogP contribution is 2.17. The molecule has 23 heavy (non-hydrogen) atoms. The number of hydrogen-bond acceptors (Lipinski definition) is 2. The van der Waals surface area contributed by atoms with Crippen molar-refractivity contribution in [2.75, 3.05) is 7.11 Å². The van der Waals surface area contributed by atoms with E-state index in [9.17, 15) is 4.79 Å². The van der Waals surface area contributed by atoms with Crippen LogP contribution in [-0.2, 0) is 4.74 Å². The average Bonchev–Trinajstić information content (AvgIpc) is 2.63. The zero-order chi connectivity index (χ0) is 16.1. The molecule has 3 rings (SSSR count). The van der Waals surface area contributed by atoms with Gasteiger partial charge in [-0.1, -0.05) is 30.3 Å². The Balaban J connectivity index is 1.72. The smallest absolute Gasteiger partial charge is 0.357 e. The van der Waals surface area contributed by atoms with Crippen LogP contribution in [0.5, 0.6) is 0 Å². The van der Waals surface area contributed by atoms with Gasteiger partial charge >= 0.3 is 27.2 Å². The van der Waals surface area contributed by atoms with Crippen molar-refractivity contribution in [2.24, 2.45) is 0 Å². The van der Waals surface area contributed by atoms with Gasteiger partial charge in [-0.3, -0.25) is 0 Å². The summed E-state index contributed by atoms with van der Waals surface area (Å²) in [5.41, 5.74) is 3.07. The predicted octanol–water partition coefficient (Wildman–Crippen LogP) is 1.27. The number of halogens is 1. The maximum absolute atomic E-state index is 11.4. The highest BCUT2D eigenvalue weighted by Gasteiger charge is 2.16. The molecule has 0 spiro atoms. The van der Waals surface area contributed by atoms with Crippen LogP contribution in [0.1, 0.15) is 10.4 Å². The number of carbonyl (C=O) groups excluding carboxylic acids is 1. The number of rotatable bonds is 4. The van der Waals surface area contributed by atoms with Crippen molar-refractivity contribution in [3.05, 3.63) is 91.6 Å². The maximum Gasteiger partial charge on any atom is 0.357 e. The van der Waals surface area contributed by atoms with Crippen LogP contribution in [-0.4, -0.2) is 13.1 Å². The summed E-state index contributed by atoms with van der Waals surface area (Å²) in [4.78, 5) is 11.4. The van der Waals surface area contributed by atoms with Gasteiger partial charge < -0.3 is 4.74 Å². The third-order valence-corrected chi connectivity index (χ3v) is 6.12. The predicted molar refractivity (Wildman–Crippen MR) is 87.1 cm³/mol. The monoisotopic (exact) mass is 415 g/mol. The molecule has 0 aliphatic rings. The van der Waals surface area contributed by atoms with Crippen molar-refractivity contribution in [1.82, 2.24) is 0 Å². The Morgan fingerprint density at radius 2 is 1.26 bits per heavy atom. The molecule has 3 aromatic carbocycles. The summed E-state index contributed by atoms with van der Waals surface area (Å²) in [5, 5.41) is 0. The summed E-state index contributed by atoms with van der Waals surface area (Å²) in [6.07, 6.45) is 0. The van der Waals surface area contributed by atoms with E-state index in [0.717, 1.165) is 0 Å². The lowest BCUT2D eigenvalue weighted by molar-refractivity contribution is -0.597. The lowest BCUT2D eigenvalue weighted by Crippen LogP contribution is -3.61. The molecule has 0 aromatic heterocycles. The molecule has 0 atom stereocenters. The Bertz CT molecular complexity index is 778. The maximum atomic E-state index is 11.4. The van der Waals surface area contributed by atoms with Crippen LogP contribution in [0.3, 0.4) is 0 Å². The zero-order valence-electron chi connectivity index (χ0n) is 12.7. The van der Waals surface area contributed by atoms with Crippen LogP contribution in [0.15, 0.2) is 78.9 Å². The minimum absolute atomic E-state index is 0.243. The quantitative estimate of drug-likeness (QED) is 0.474. The van der Waals surface area contributed by atoms with Gasteiger partial charge in [-0.25, -0.2) is 4.79 Å². The number of esters is 1. The second-order valence-electron chi connectivity index (χ2n) is 4.97. The van der Waals surface area contributed by atoms with Crippen LogP contribution >= 0.6 is 0 Å². The SMILES string of the molecule is COC(=O)c1ccc([I+]c2ccc(-c3ccccc3)cc2)cc1. The molecule has 0 bridgehead atoms. The second-order valence-corrected chi connectivity index (χ2v) is 8.00. The number of benzene rings is 3. The molecule has 3 heteroatoms. The minimum atomic E-state index is -0.290. The zero-order valence-corrected chi connectivity index (χ0v) is 14.9. The molecule has 3 aromatic rings. The molecule has 0 aliphatic heterocycles. The van der Waals surface area contributed by atoms with E-state index in [4.69, 9.17) is 4.74 Å². The van der Waals surface area contributed by atoms with E-state index in [0.29, 0.717) is 5.56 Å². The molecular weight excluding hydrogens is 399 g/mol. The Labute approximate surface area is 146 Å². The molecule has 0 amide bonds. The van der Waals surface area contributed by atoms with Crippen molar-refractivity contribution in [1.29, 1.82) is 0 Å². The van der Waals surface area contributed by atoms with Gasteiger partial charge in [0.15, 0.2) is 7.14 Å². The third kappa shape index (κ3) is 3.99. The number of carbonyl (C=O) groups is 1. The van der Waals surface area contributed by atoms with Gasteiger partial charge in [0.2, 0.25) is 0 Å². The third-order valence-electron chi connectivity index (χ3n) is 3.43. The van der Waals surface area contributed by atoms with E-state index < -0.39 is 0 Å². The lowest BCUT2D eigenvalue weighted by atomic mass is 10.1. The van der Waals surface area contributed by atoms with E-state index in [1.807, 2.05) is 30.3 Å². The summed E-state index contributed by atoms with van der Waals surface area (Å²) in [6.45, 7) is 0. The van der Waals surface area contributed by atoms with Crippen molar-refractivity contribution in [3.8, 4) is 11.1 Å². The van der Waals surface area contributed by atoms with Gasteiger partial charge in [0, 0.05) is 0 Å². The van der Waals surface area contributed by atoms with Crippen LogP contribution in [0, 0.1) is 7.14 Å². The fraction of sp³-hybridized carbons (Fsp3) is 0.0500. The first-order chi connectivity index (χ1) is 11.3. The topological polar surface area (TPSA) is 26.3 Å². The van der Waals surface area contributed by atoms with Crippen molar-refractivity contribution >= 4 is 5.97 Å². The number of hydrogen-bond donors (Lipinski definition) is 0. The van der Waals surface area contributed by atoms with Gasteiger partial charge in [-0.15, -0.1) is 0 Å². The second kappa shape index (κ2) is 7.42. The van der Waals surface area contributed by atoms with Crippen LogP contribution < -0.4 is 21.2 Å². The van der Waals surface area contributed by atoms with Crippen molar-refractivity contribution in [3.63, 3.8) is 0 Å². The van der Waals surface area contributed by atoms with E-state index in [-0.39, 0.29) is 27.2 Å². The minimum Gasteiger partial charge on any atom is -0.465 e. The number of methoxy groups -OCH3 is 1. The summed E-state index contributed by atoms with van der Waals surface area (Å²) >= 11 is -0.243. The van der Waals surface area contributed by atoms with E-state index in [1.165, 1.54) is 25.4 Å². The molecule has 0 unspecified atom stereocenters. The fourth-order valence-corrected chi connectivity index (χ4v) is 4.39. The largest absolute Gasteiger partial charge is 0.465 e. The highest BCUT2D eigenvalue weighted by atomic mass is 127. The van der Waals surface area contributed by atoms with Gasteiger partial charge in [0.05, 0.1) is 12.7 Å². The Morgan fingerprint density at radius 1 is 0.739 bits per heavy atom. The van der Waals surface area contributed by atoms with Crippen LogP contribution in [0.4, 0.5) is 0 Å². The molecule has 0 heterocycles. The summed E-state index contributed by atoms with van der Waals surface area (Å²) in [5.74, 6) is -0.290. The summed E-state index contributed by atoms with van der Waals surface area (Å²) in [7, 11) is 1.40. The van der Waals surface area contributed by atoms with Gasteiger partial charge in [-0.2, -0.15) is 0 Å². The van der Waals surface area contributed by atoms with Crippen LogP contribution in [0.2, 0.25) is 0 Å². The Kier molecular flexibility index (Phi) is 5.08. The van der Waals surface area contributed by atoms with Gasteiger partial charge in [-0.05, 0) is 59.7 Å². The molecule has 0 N–H and O–H groups in total. The normalized spacial score (nSPS) is 10.3. The Hall–Kier alpha value is -2.14. The molecule has 0 aliphatic carbocycles. The molecule has 0 radical (unpaired) electrons. The summed E-state index contributed by atoms with van der Waals surface area (Å²) in [6, 6.07) is 26.8. The van der Waals surface area contributed by atoms with Gasteiger partial charge in [0.25, 0.3) is 0 Å². The molecule has 2 nitrogen and oxygen atoms in total. The van der Waals surface area contributed by atoms with E-state index >= 15 is 0 Å². The molecular formula is C20H16IO2+. The van der Waals surface area contributed by atoms with Crippen molar-refractivity contribution < 1.29 is 30.7 Å². The summed E-state index contributed by atoms with van der Waals surface area (Å²) < 4.78 is 7.36. The molecule has 0 saturated carbocycles. The highest BCUT2D eigenvalue weighted by molar-refractivity contribution is 5.89. The molecule has 0 fully saturated rings. The number of ether oxygens (including phenoxy) is 1. The van der Waals surface area contributed by atoms with Crippen molar-refractivity contribution in [2.45, 2.75) is 0 Å². The van der Waals surface area contributed by atoms with E-state index in [2.05, 4.69) is 48.5 Å². The average molecular weight is 415 g/mol. The van der Waals surface area contributed by atoms with Gasteiger partial charge in [0.1, 0.15) is 0 Å². The fourth-order valence-electron chi connectivity index (χ4n) is 2.23.